The molecule has 0 saturated carbocycles. The van der Waals surface area contributed by atoms with Gasteiger partial charge in [-0.15, -0.1) is 0 Å². The SMILES string of the molecule is CCOc1ncccc1NC(=O)N[C@@H]1CCCN(S(C)(=O)=O)C1. The highest BCUT2D eigenvalue weighted by Crippen LogP contribution is 2.20. The monoisotopic (exact) mass is 342 g/mol. The first-order valence-corrected chi connectivity index (χ1v) is 9.35. The Labute approximate surface area is 136 Å². The molecule has 9 heteroatoms. The molecule has 1 fully saturated rings. The number of amides is 2. The van der Waals surface area contributed by atoms with Gasteiger partial charge in [0.05, 0.1) is 12.9 Å². The Morgan fingerprint density at radius 1 is 1.52 bits per heavy atom. The fraction of sp³-hybridized carbons (Fsp3) is 0.571. The molecule has 8 nitrogen and oxygen atoms in total. The van der Waals surface area contributed by atoms with Crippen LogP contribution in [0.3, 0.4) is 0 Å². The van der Waals surface area contributed by atoms with Gasteiger partial charge in [0.15, 0.2) is 0 Å². The minimum atomic E-state index is -3.24. The van der Waals surface area contributed by atoms with E-state index in [-0.39, 0.29) is 12.6 Å². The molecular formula is C14H22N4O4S. The molecule has 0 bridgehead atoms. The molecule has 1 aliphatic heterocycles. The summed E-state index contributed by atoms with van der Waals surface area (Å²) in [6.45, 7) is 3.06. The summed E-state index contributed by atoms with van der Waals surface area (Å²) < 4.78 is 29.9. The second-order valence-corrected chi connectivity index (χ2v) is 7.33. The highest BCUT2D eigenvalue weighted by molar-refractivity contribution is 7.88. The van der Waals surface area contributed by atoms with Gasteiger partial charge in [-0.2, -0.15) is 0 Å². The average molecular weight is 342 g/mol. The molecule has 0 radical (unpaired) electrons. The van der Waals surface area contributed by atoms with E-state index in [2.05, 4.69) is 15.6 Å². The summed E-state index contributed by atoms with van der Waals surface area (Å²) in [5.74, 6) is 0.353. The van der Waals surface area contributed by atoms with Gasteiger partial charge in [-0.25, -0.2) is 22.5 Å². The number of hydrogen-bond acceptors (Lipinski definition) is 5. The number of urea groups is 1. The second kappa shape index (κ2) is 7.60. The summed E-state index contributed by atoms with van der Waals surface area (Å²) in [5.41, 5.74) is 0.475. The highest BCUT2D eigenvalue weighted by Gasteiger charge is 2.26. The Bertz CT molecular complexity index is 650. The van der Waals surface area contributed by atoms with Crippen molar-refractivity contribution in [3.8, 4) is 5.88 Å². The number of nitrogens with one attached hydrogen (secondary N) is 2. The van der Waals surface area contributed by atoms with Gasteiger partial charge in [-0.3, -0.25) is 0 Å². The topological polar surface area (TPSA) is 101 Å². The van der Waals surface area contributed by atoms with Crippen LogP contribution in [0.1, 0.15) is 19.8 Å². The van der Waals surface area contributed by atoms with Crippen LogP contribution in [-0.2, 0) is 10.0 Å². The molecule has 1 aromatic heterocycles. The molecule has 2 N–H and O–H groups in total. The van der Waals surface area contributed by atoms with Crippen molar-refractivity contribution in [1.29, 1.82) is 0 Å². The second-order valence-electron chi connectivity index (χ2n) is 5.35. The number of pyridine rings is 1. The summed E-state index contributed by atoms with van der Waals surface area (Å²) >= 11 is 0. The quantitative estimate of drug-likeness (QED) is 0.832. The Balaban J connectivity index is 1.95. The molecule has 1 saturated heterocycles. The maximum atomic E-state index is 12.1. The van der Waals surface area contributed by atoms with E-state index in [0.29, 0.717) is 24.7 Å². The molecule has 0 spiro atoms. The van der Waals surface area contributed by atoms with Gasteiger partial charge >= 0.3 is 6.03 Å². The van der Waals surface area contributed by atoms with Crippen LogP contribution >= 0.6 is 0 Å². The van der Waals surface area contributed by atoms with Crippen molar-refractivity contribution < 1.29 is 17.9 Å². The number of anilines is 1. The van der Waals surface area contributed by atoms with Crippen molar-refractivity contribution in [3.63, 3.8) is 0 Å². The number of aromatic nitrogens is 1. The number of hydrogen-bond donors (Lipinski definition) is 2. The van der Waals surface area contributed by atoms with E-state index < -0.39 is 16.1 Å². The number of rotatable bonds is 5. The average Bonchev–Trinajstić information content (AvgIpc) is 2.49. The summed E-state index contributed by atoms with van der Waals surface area (Å²) in [6, 6.07) is 2.77. The predicted octanol–water partition coefficient (Wildman–Crippen LogP) is 1.03. The summed E-state index contributed by atoms with van der Waals surface area (Å²) in [6.07, 6.45) is 4.22. The molecule has 1 aromatic rings. The largest absolute Gasteiger partial charge is 0.476 e. The van der Waals surface area contributed by atoms with E-state index in [0.717, 1.165) is 12.8 Å². The third kappa shape index (κ3) is 5.07. The lowest BCUT2D eigenvalue weighted by Crippen LogP contribution is -2.50. The zero-order valence-corrected chi connectivity index (χ0v) is 14.1. The fourth-order valence-corrected chi connectivity index (χ4v) is 3.35. The van der Waals surface area contributed by atoms with Gasteiger partial charge < -0.3 is 15.4 Å². The maximum Gasteiger partial charge on any atom is 0.319 e. The molecule has 1 aliphatic rings. The molecular weight excluding hydrogens is 320 g/mol. The zero-order valence-electron chi connectivity index (χ0n) is 13.3. The first kappa shape index (κ1) is 17.5. The first-order chi connectivity index (χ1) is 10.9. The van der Waals surface area contributed by atoms with E-state index in [1.807, 2.05) is 6.92 Å². The van der Waals surface area contributed by atoms with Crippen molar-refractivity contribution >= 4 is 21.7 Å². The molecule has 128 valence electrons. The molecule has 0 unspecified atom stereocenters. The standard InChI is InChI=1S/C14H22N4O4S/c1-3-22-13-12(7-4-8-15-13)17-14(19)16-11-6-5-9-18(10-11)23(2,20)21/h4,7-8,11H,3,5-6,9-10H2,1-2H3,(H2,16,17,19)/t11-/m1/s1. The molecule has 2 rings (SSSR count). The molecule has 1 atom stereocenters. The van der Waals surface area contributed by atoms with E-state index in [9.17, 15) is 13.2 Å². The van der Waals surface area contributed by atoms with Gasteiger partial charge in [0.2, 0.25) is 15.9 Å². The summed E-state index contributed by atoms with van der Waals surface area (Å²) in [5, 5.41) is 5.49. The van der Waals surface area contributed by atoms with Crippen LogP contribution in [0.5, 0.6) is 5.88 Å². The lowest BCUT2D eigenvalue weighted by atomic mass is 10.1. The Morgan fingerprint density at radius 2 is 2.30 bits per heavy atom. The maximum absolute atomic E-state index is 12.1. The lowest BCUT2D eigenvalue weighted by molar-refractivity contribution is 0.236. The van der Waals surface area contributed by atoms with Crippen molar-refractivity contribution in [1.82, 2.24) is 14.6 Å². The number of ether oxygens (including phenoxy) is 1. The Morgan fingerprint density at radius 3 is 3.00 bits per heavy atom. The van der Waals surface area contributed by atoms with Crippen molar-refractivity contribution in [2.75, 3.05) is 31.3 Å². The van der Waals surface area contributed by atoms with Gasteiger partial charge in [0.1, 0.15) is 5.69 Å². The van der Waals surface area contributed by atoms with Crippen molar-refractivity contribution in [2.24, 2.45) is 0 Å². The van der Waals surface area contributed by atoms with Gasteiger partial charge in [0.25, 0.3) is 0 Å². The number of carbonyl (C=O) groups is 1. The number of sulfonamides is 1. The first-order valence-electron chi connectivity index (χ1n) is 7.50. The summed E-state index contributed by atoms with van der Waals surface area (Å²) in [4.78, 5) is 16.2. The van der Waals surface area contributed by atoms with Gasteiger partial charge in [0, 0.05) is 25.3 Å². The Hall–Kier alpha value is -1.87. The number of nitrogens with zero attached hydrogens (tertiary/aromatic N) is 2. The van der Waals surface area contributed by atoms with E-state index >= 15 is 0 Å². The molecule has 2 heterocycles. The van der Waals surface area contributed by atoms with E-state index in [4.69, 9.17) is 4.74 Å². The fourth-order valence-electron chi connectivity index (χ4n) is 2.44. The highest BCUT2D eigenvalue weighted by atomic mass is 32.2. The third-order valence-corrected chi connectivity index (χ3v) is 4.76. The van der Waals surface area contributed by atoms with Crippen LogP contribution in [0.4, 0.5) is 10.5 Å². The van der Waals surface area contributed by atoms with Gasteiger partial charge in [-0.05, 0) is 31.9 Å². The molecule has 23 heavy (non-hydrogen) atoms. The molecule has 0 aliphatic carbocycles. The minimum Gasteiger partial charge on any atom is -0.476 e. The van der Waals surface area contributed by atoms with Crippen LogP contribution in [0, 0.1) is 0 Å². The van der Waals surface area contributed by atoms with E-state index in [1.54, 1.807) is 18.3 Å². The summed E-state index contributed by atoms with van der Waals surface area (Å²) in [7, 11) is -3.24. The van der Waals surface area contributed by atoms with Crippen LogP contribution in [0.25, 0.3) is 0 Å². The van der Waals surface area contributed by atoms with Crippen molar-refractivity contribution in [3.05, 3.63) is 18.3 Å². The smallest absolute Gasteiger partial charge is 0.319 e. The number of piperidine rings is 1. The van der Waals surface area contributed by atoms with Gasteiger partial charge in [-0.1, -0.05) is 0 Å². The van der Waals surface area contributed by atoms with E-state index in [1.165, 1.54) is 10.6 Å². The van der Waals surface area contributed by atoms with Crippen LogP contribution in [-0.4, -0.2) is 55.7 Å². The number of carbonyl (C=O) groups excluding carboxylic acids is 1. The zero-order chi connectivity index (χ0) is 16.9. The van der Waals surface area contributed by atoms with Crippen molar-refractivity contribution in [2.45, 2.75) is 25.8 Å². The minimum absolute atomic E-state index is 0.217. The van der Waals surface area contributed by atoms with Crippen LogP contribution in [0.15, 0.2) is 18.3 Å². The van der Waals surface area contributed by atoms with Crippen LogP contribution in [0.2, 0.25) is 0 Å². The third-order valence-electron chi connectivity index (χ3n) is 3.49. The predicted molar refractivity (Wildman–Crippen MR) is 87.0 cm³/mol. The molecule has 0 aromatic carbocycles. The lowest BCUT2D eigenvalue weighted by Gasteiger charge is -2.31. The van der Waals surface area contributed by atoms with Crippen LogP contribution < -0.4 is 15.4 Å². The Kier molecular flexibility index (Phi) is 5.78. The normalized spacial score (nSPS) is 19.1. The molecule has 2 amide bonds.